The maximum atomic E-state index is 14.7. The van der Waals surface area contributed by atoms with Crippen molar-refractivity contribution < 1.29 is 46.4 Å². The Kier molecular flexibility index (Phi) is 16.5. The van der Waals surface area contributed by atoms with E-state index >= 15 is 0 Å². The maximum Gasteiger partial charge on any atom is 0.422 e. The van der Waals surface area contributed by atoms with Gasteiger partial charge in [0.1, 0.15) is 0 Å². The van der Waals surface area contributed by atoms with E-state index in [1.165, 1.54) is 59.9 Å². The number of hydrogen-bond donors (Lipinski definition) is 2. The Balaban J connectivity index is 0.000000190. The second kappa shape index (κ2) is 23.3. The van der Waals surface area contributed by atoms with E-state index in [-0.39, 0.29) is 57.4 Å². The smallest absolute Gasteiger partial charge is 0.375 e. The van der Waals surface area contributed by atoms with Gasteiger partial charge in [0.25, 0.3) is 11.4 Å². The minimum absolute atomic E-state index is 0.148. The molecule has 4 heterocycles. The van der Waals surface area contributed by atoms with Gasteiger partial charge in [0.2, 0.25) is 11.2 Å². The van der Waals surface area contributed by atoms with Crippen LogP contribution in [-0.2, 0) is 37.1 Å². The number of fused-ring (bicyclic) bond motifs is 2. The number of aliphatic hydroxyl groups is 2. The van der Waals surface area contributed by atoms with Crippen LogP contribution in [0.2, 0.25) is 0 Å². The topological polar surface area (TPSA) is 143 Å². The van der Waals surface area contributed by atoms with E-state index in [4.69, 9.17) is 0 Å². The largest absolute Gasteiger partial charge is 0.422 e. The van der Waals surface area contributed by atoms with Crippen molar-refractivity contribution in [1.82, 2.24) is 18.9 Å². The lowest BCUT2D eigenvalue weighted by Crippen LogP contribution is -2.52. The highest BCUT2D eigenvalue weighted by atomic mass is 19.4. The van der Waals surface area contributed by atoms with Crippen molar-refractivity contribution in [3.05, 3.63) is 224 Å². The molecule has 18 heteroatoms. The Hall–Kier alpha value is -7.38. The second-order valence-corrected chi connectivity index (χ2v) is 20.8. The van der Waals surface area contributed by atoms with Crippen LogP contribution in [0.5, 0.6) is 0 Å². The van der Waals surface area contributed by atoms with Crippen LogP contribution in [0.1, 0.15) is 59.1 Å². The van der Waals surface area contributed by atoms with Crippen LogP contribution in [0.3, 0.4) is 0 Å². The SMILES string of the molecule is O=[N+]([O-])c1ccc2c(C(O)(CN3CCC(Cc4ccccc4)CC3)C(F)(F)F)cn(Cc3ccccc3)c2c1.O=[N+]([O-])c1ccc2c(C(O)(CN3CCC(Cc4ccccc4)CC3)C(F)(F)F)cn(Cc3ccccc3)c2c1. The molecule has 2 fully saturated rings. The highest BCUT2D eigenvalue weighted by Crippen LogP contribution is 2.46. The molecule has 408 valence electrons. The van der Waals surface area contributed by atoms with Crippen molar-refractivity contribution >= 4 is 33.2 Å². The van der Waals surface area contributed by atoms with Crippen LogP contribution in [0, 0.1) is 32.1 Å². The molecule has 2 atom stereocenters. The van der Waals surface area contributed by atoms with Crippen molar-refractivity contribution in [2.24, 2.45) is 11.8 Å². The Labute approximate surface area is 447 Å². The first kappa shape index (κ1) is 55.4. The molecule has 78 heavy (non-hydrogen) atoms. The highest BCUT2D eigenvalue weighted by molar-refractivity contribution is 5.88. The number of non-ortho nitro benzene ring substituents is 2. The number of β-amino-alcohol motifs (C(OH)–C–C–N with tert-alkyl or cyclic N) is 2. The molecule has 2 unspecified atom stereocenters. The molecule has 6 aromatic carbocycles. The third-order valence-corrected chi connectivity index (χ3v) is 15.4. The van der Waals surface area contributed by atoms with E-state index in [1.54, 1.807) is 18.9 Å². The highest BCUT2D eigenvalue weighted by Gasteiger charge is 2.58. The van der Waals surface area contributed by atoms with Gasteiger partial charge in [0.15, 0.2) is 0 Å². The Bertz CT molecular complexity index is 3080. The quantitative estimate of drug-likeness (QED) is 0.0553. The van der Waals surface area contributed by atoms with Crippen molar-refractivity contribution in [2.45, 2.75) is 75.2 Å². The Morgan fingerprint density at radius 3 is 1.06 bits per heavy atom. The lowest BCUT2D eigenvalue weighted by atomic mass is 9.87. The van der Waals surface area contributed by atoms with Crippen LogP contribution in [0.4, 0.5) is 37.7 Å². The van der Waals surface area contributed by atoms with Crippen LogP contribution in [0.25, 0.3) is 21.8 Å². The molecule has 2 aliphatic rings. The summed E-state index contributed by atoms with van der Waals surface area (Å²) < 4.78 is 91.2. The first-order chi connectivity index (χ1) is 37.3. The average Bonchev–Trinajstić information content (AvgIpc) is 4.20. The zero-order valence-electron chi connectivity index (χ0n) is 42.7. The minimum Gasteiger partial charge on any atom is -0.375 e. The van der Waals surface area contributed by atoms with Crippen LogP contribution in [0.15, 0.2) is 170 Å². The first-order valence-electron chi connectivity index (χ1n) is 26.0. The number of benzene rings is 6. The predicted octanol–water partition coefficient (Wildman–Crippen LogP) is 12.6. The van der Waals surface area contributed by atoms with Crippen molar-refractivity contribution in [3.63, 3.8) is 0 Å². The van der Waals surface area contributed by atoms with E-state index in [9.17, 15) is 56.8 Å². The number of likely N-dealkylation sites (tertiary alicyclic amines) is 2. The maximum absolute atomic E-state index is 14.7. The van der Waals surface area contributed by atoms with Crippen LogP contribution < -0.4 is 0 Å². The van der Waals surface area contributed by atoms with E-state index < -0.39 is 46.5 Å². The number of piperidine rings is 2. The molecule has 12 nitrogen and oxygen atoms in total. The summed E-state index contributed by atoms with van der Waals surface area (Å²) in [7, 11) is 0. The molecular formula is C60H60F6N6O6. The van der Waals surface area contributed by atoms with Gasteiger partial charge in [-0.15, -0.1) is 0 Å². The summed E-state index contributed by atoms with van der Waals surface area (Å²) in [5.74, 6) is 0.743. The summed E-state index contributed by atoms with van der Waals surface area (Å²) in [6.45, 7) is 1.00. The van der Waals surface area contributed by atoms with Crippen LogP contribution >= 0.6 is 0 Å². The third kappa shape index (κ3) is 12.5. The summed E-state index contributed by atoms with van der Waals surface area (Å²) in [6, 6.07) is 45.9. The molecule has 0 spiro atoms. The van der Waals surface area contributed by atoms with Gasteiger partial charge in [0.05, 0.1) is 20.9 Å². The normalized spacial score (nSPS) is 16.8. The lowest BCUT2D eigenvalue weighted by Gasteiger charge is -2.39. The van der Waals surface area contributed by atoms with Gasteiger partial charge in [-0.2, -0.15) is 26.3 Å². The number of rotatable bonds is 16. The summed E-state index contributed by atoms with van der Waals surface area (Å²) in [5, 5.41) is 46.0. The third-order valence-electron chi connectivity index (χ3n) is 15.4. The van der Waals surface area contributed by atoms with Gasteiger partial charge in [-0.3, -0.25) is 30.0 Å². The molecule has 8 aromatic rings. The number of hydrogen-bond acceptors (Lipinski definition) is 8. The van der Waals surface area contributed by atoms with Gasteiger partial charge in [-0.05, 0) is 111 Å². The molecule has 2 aromatic heterocycles. The fraction of sp³-hybridized carbons (Fsp3) is 0.333. The number of nitrogens with zero attached hydrogens (tertiary/aromatic N) is 6. The molecule has 0 aliphatic carbocycles. The Morgan fingerprint density at radius 2 is 0.769 bits per heavy atom. The molecule has 2 N–H and O–H groups in total. The van der Waals surface area contributed by atoms with Crippen molar-refractivity contribution in [3.8, 4) is 0 Å². The summed E-state index contributed by atoms with van der Waals surface area (Å²) in [5.41, 5.74) is -2.71. The number of alkyl halides is 6. The molecule has 2 saturated heterocycles. The number of nitro groups is 2. The van der Waals surface area contributed by atoms with Gasteiger partial charge in [0, 0.05) is 84.7 Å². The predicted molar refractivity (Wildman–Crippen MR) is 287 cm³/mol. The molecule has 0 amide bonds. The van der Waals surface area contributed by atoms with Gasteiger partial charge >= 0.3 is 12.4 Å². The van der Waals surface area contributed by atoms with E-state index in [0.717, 1.165) is 49.7 Å². The van der Waals surface area contributed by atoms with E-state index in [2.05, 4.69) is 24.3 Å². The first-order valence-corrected chi connectivity index (χ1v) is 26.0. The number of halogens is 6. The van der Waals surface area contributed by atoms with Gasteiger partial charge in [-0.25, -0.2) is 0 Å². The van der Waals surface area contributed by atoms with E-state index in [0.29, 0.717) is 38.0 Å². The average molecular weight is 1080 g/mol. The fourth-order valence-corrected chi connectivity index (χ4v) is 11.2. The standard InChI is InChI=1S/2C30H30F3N3O3/c2*31-30(32,33)29(37,21-34-15-13-23(14-16-34)17-22-7-3-1-4-8-22)27-20-35(19-24-9-5-2-6-10-24)28-18-25(36(38)39)11-12-26(27)28/h2*1-12,18,20,23,37H,13-17,19,21H2. The minimum atomic E-state index is -4.96. The molecule has 10 rings (SSSR count). The second-order valence-electron chi connectivity index (χ2n) is 20.8. The molecular weight excluding hydrogens is 1010 g/mol. The lowest BCUT2D eigenvalue weighted by molar-refractivity contribution is -0.384. The molecule has 0 saturated carbocycles. The molecule has 2 aliphatic heterocycles. The zero-order chi connectivity index (χ0) is 55.2. The van der Waals surface area contributed by atoms with E-state index in [1.807, 2.05) is 97.1 Å². The summed E-state index contributed by atoms with van der Waals surface area (Å²) >= 11 is 0. The van der Waals surface area contributed by atoms with Crippen LogP contribution in [-0.4, -0.2) is 90.6 Å². The van der Waals surface area contributed by atoms with Gasteiger partial charge in [-0.1, -0.05) is 121 Å². The summed E-state index contributed by atoms with van der Waals surface area (Å²) in [4.78, 5) is 25.1. The number of nitro benzene ring substituents is 2. The van der Waals surface area contributed by atoms with Crippen molar-refractivity contribution in [2.75, 3.05) is 39.3 Å². The number of aromatic nitrogens is 2. The summed E-state index contributed by atoms with van der Waals surface area (Å²) in [6.07, 6.45) is -2.59. The fourth-order valence-electron chi connectivity index (χ4n) is 11.2. The zero-order valence-corrected chi connectivity index (χ0v) is 42.7. The monoisotopic (exact) mass is 1070 g/mol. The Morgan fingerprint density at radius 1 is 0.462 bits per heavy atom. The van der Waals surface area contributed by atoms with Gasteiger partial charge < -0.3 is 19.3 Å². The molecule has 0 radical (unpaired) electrons. The van der Waals surface area contributed by atoms with Crippen molar-refractivity contribution in [1.29, 1.82) is 0 Å². The molecule has 0 bridgehead atoms.